The van der Waals surface area contributed by atoms with Gasteiger partial charge in [0.25, 0.3) is 5.91 Å². The zero-order valence-electron chi connectivity index (χ0n) is 18.9. The molecule has 2 heterocycles. The Morgan fingerprint density at radius 2 is 1.56 bits per heavy atom. The van der Waals surface area contributed by atoms with E-state index in [9.17, 15) is 31.1 Å². The van der Waals surface area contributed by atoms with Crippen molar-refractivity contribution in [1.82, 2.24) is 30.5 Å². The van der Waals surface area contributed by atoms with Crippen LogP contribution in [0.3, 0.4) is 0 Å². The number of nitrogens with one attached hydrogen (secondary N) is 1. The van der Waals surface area contributed by atoms with E-state index in [2.05, 4.69) is 25.8 Å². The summed E-state index contributed by atoms with van der Waals surface area (Å²) in [6.07, 6.45) is -6.61. The molecular weight excluding hydrogens is 492 g/mol. The molecule has 0 radical (unpaired) electrons. The highest BCUT2D eigenvalue weighted by atomic mass is 19.4. The fraction of sp³-hybridized carbons (Fsp3) is 0.409. The van der Waals surface area contributed by atoms with Crippen LogP contribution in [0.5, 0.6) is 0 Å². The molecule has 0 saturated heterocycles. The minimum absolute atomic E-state index is 0.171. The number of amides is 1. The molecule has 4 rings (SSSR count). The van der Waals surface area contributed by atoms with Gasteiger partial charge in [-0.1, -0.05) is 0 Å². The van der Waals surface area contributed by atoms with Crippen LogP contribution in [0.25, 0.3) is 5.69 Å². The first-order valence-electron chi connectivity index (χ1n) is 11.0. The van der Waals surface area contributed by atoms with Crippen LogP contribution in [-0.4, -0.2) is 50.2 Å². The molecule has 2 aromatic heterocycles. The molecule has 0 atom stereocenters. The lowest BCUT2D eigenvalue weighted by Crippen LogP contribution is -2.43. The lowest BCUT2D eigenvalue weighted by atomic mass is 9.90. The monoisotopic (exact) mass is 513 g/mol. The Bertz CT molecular complexity index is 1150. The van der Waals surface area contributed by atoms with Crippen LogP contribution in [0.15, 0.2) is 42.7 Å². The lowest BCUT2D eigenvalue weighted by molar-refractivity contribution is -0.150. The molecular formula is C22H21F6N7O. The molecule has 1 saturated carbocycles. The molecule has 1 amide bonds. The second-order valence-corrected chi connectivity index (χ2v) is 8.48. The van der Waals surface area contributed by atoms with E-state index in [1.54, 1.807) is 24.3 Å². The number of nitrogens with zero attached hydrogens (tertiary/aromatic N) is 6. The predicted octanol–water partition coefficient (Wildman–Crippen LogP) is 4.27. The lowest BCUT2D eigenvalue weighted by Gasteiger charge is -2.36. The predicted molar refractivity (Wildman–Crippen MR) is 115 cm³/mol. The van der Waals surface area contributed by atoms with Gasteiger partial charge in [-0.25, -0.2) is 9.67 Å². The number of halogens is 6. The van der Waals surface area contributed by atoms with Crippen LogP contribution in [0.1, 0.15) is 47.4 Å². The topological polar surface area (TPSA) is 88.8 Å². The molecule has 192 valence electrons. The van der Waals surface area contributed by atoms with Gasteiger partial charge in [0.1, 0.15) is 17.7 Å². The summed E-state index contributed by atoms with van der Waals surface area (Å²) in [7, 11) is 1.46. The zero-order valence-corrected chi connectivity index (χ0v) is 18.9. The Kier molecular flexibility index (Phi) is 6.87. The number of rotatable bonds is 5. The highest BCUT2D eigenvalue weighted by Gasteiger charge is 2.39. The van der Waals surface area contributed by atoms with Gasteiger partial charge in [0.15, 0.2) is 0 Å². The van der Waals surface area contributed by atoms with Crippen molar-refractivity contribution in [2.75, 3.05) is 11.9 Å². The summed E-state index contributed by atoms with van der Waals surface area (Å²) in [5.74, 6) is -0.283. The first kappa shape index (κ1) is 25.4. The molecule has 0 bridgehead atoms. The SMILES string of the molecule is CN(c1cc(C(F)(F)F)nc(C(F)(F)F)c1)[C@H]1CC[C@@H](NC(=O)c2ccc(-n3cnnn3)cc2)CC1. The number of pyridine rings is 1. The van der Waals surface area contributed by atoms with Crippen molar-refractivity contribution in [3.8, 4) is 5.69 Å². The van der Waals surface area contributed by atoms with Crippen molar-refractivity contribution >= 4 is 11.6 Å². The number of benzene rings is 1. The Balaban J connectivity index is 1.38. The van der Waals surface area contributed by atoms with Crippen LogP contribution < -0.4 is 10.2 Å². The van der Waals surface area contributed by atoms with Crippen molar-refractivity contribution < 1.29 is 31.1 Å². The molecule has 3 aromatic rings. The van der Waals surface area contributed by atoms with Gasteiger partial charge in [-0.05, 0) is 72.5 Å². The van der Waals surface area contributed by atoms with Crippen LogP contribution in [-0.2, 0) is 12.4 Å². The van der Waals surface area contributed by atoms with Gasteiger partial charge in [-0.15, -0.1) is 5.10 Å². The number of hydrogen-bond donors (Lipinski definition) is 1. The largest absolute Gasteiger partial charge is 0.433 e. The quantitative estimate of drug-likeness (QED) is 0.513. The molecule has 0 unspecified atom stereocenters. The number of anilines is 1. The Morgan fingerprint density at radius 3 is 2.06 bits per heavy atom. The number of tetrazole rings is 1. The summed E-state index contributed by atoms with van der Waals surface area (Å²) in [4.78, 5) is 16.8. The minimum Gasteiger partial charge on any atom is -0.371 e. The molecule has 1 N–H and O–H groups in total. The summed E-state index contributed by atoms with van der Waals surface area (Å²) in [5, 5.41) is 13.8. The fourth-order valence-electron chi connectivity index (χ4n) is 4.14. The molecule has 14 heteroatoms. The third kappa shape index (κ3) is 5.74. The molecule has 0 aliphatic heterocycles. The van der Waals surface area contributed by atoms with E-state index in [1.165, 1.54) is 23.0 Å². The number of alkyl halides is 6. The third-order valence-electron chi connectivity index (χ3n) is 6.12. The van der Waals surface area contributed by atoms with E-state index in [4.69, 9.17) is 0 Å². The van der Waals surface area contributed by atoms with E-state index in [0.717, 1.165) is 0 Å². The highest BCUT2D eigenvalue weighted by molar-refractivity contribution is 5.94. The second kappa shape index (κ2) is 9.74. The number of carbonyl (C=O) groups excluding carboxylic acids is 1. The second-order valence-electron chi connectivity index (χ2n) is 8.48. The molecule has 0 spiro atoms. The van der Waals surface area contributed by atoms with Crippen LogP contribution >= 0.6 is 0 Å². The Hall–Kier alpha value is -3.71. The smallest absolute Gasteiger partial charge is 0.371 e. The summed E-state index contributed by atoms with van der Waals surface area (Å²) < 4.78 is 80.3. The van der Waals surface area contributed by atoms with Gasteiger partial charge < -0.3 is 10.2 Å². The van der Waals surface area contributed by atoms with Crippen LogP contribution in [0.2, 0.25) is 0 Å². The minimum atomic E-state index is -5.01. The summed E-state index contributed by atoms with van der Waals surface area (Å²) >= 11 is 0. The van der Waals surface area contributed by atoms with Crippen molar-refractivity contribution in [1.29, 1.82) is 0 Å². The van der Waals surface area contributed by atoms with Crippen molar-refractivity contribution in [2.45, 2.75) is 50.1 Å². The van der Waals surface area contributed by atoms with Gasteiger partial charge >= 0.3 is 12.4 Å². The summed E-state index contributed by atoms with van der Waals surface area (Å²) in [6.45, 7) is 0. The normalized spacial score (nSPS) is 18.6. The van der Waals surface area contributed by atoms with Crippen molar-refractivity contribution in [3.63, 3.8) is 0 Å². The number of carbonyl (C=O) groups is 1. The fourth-order valence-corrected chi connectivity index (χ4v) is 4.14. The molecule has 36 heavy (non-hydrogen) atoms. The average Bonchev–Trinajstić information content (AvgIpc) is 3.38. The zero-order chi connectivity index (χ0) is 26.1. The van der Waals surface area contributed by atoms with Gasteiger partial charge in [0.2, 0.25) is 0 Å². The van der Waals surface area contributed by atoms with Crippen molar-refractivity contribution in [3.05, 3.63) is 59.7 Å². The maximum atomic E-state index is 13.1. The maximum Gasteiger partial charge on any atom is 0.433 e. The molecule has 1 fully saturated rings. The molecule has 8 nitrogen and oxygen atoms in total. The first-order valence-corrected chi connectivity index (χ1v) is 11.0. The Morgan fingerprint density at radius 1 is 0.972 bits per heavy atom. The van der Waals surface area contributed by atoms with E-state index in [0.29, 0.717) is 49.1 Å². The number of hydrogen-bond acceptors (Lipinski definition) is 6. The standard InChI is InChI=1S/C22H21F6N7O/c1-34(17-10-18(21(23,24)25)31-19(11-17)22(26,27)28)15-8-4-14(5-9-15)30-20(36)13-2-6-16(7-3-13)35-12-29-32-33-35/h2-3,6-7,10-12,14-15H,4-5,8-9H2,1H3,(H,30,36)/t14-,15+. The highest BCUT2D eigenvalue weighted by Crippen LogP contribution is 2.37. The molecule has 1 aromatic carbocycles. The van der Waals surface area contributed by atoms with E-state index < -0.39 is 23.7 Å². The summed E-state index contributed by atoms with van der Waals surface area (Å²) in [5.41, 5.74) is -2.28. The van der Waals surface area contributed by atoms with Crippen LogP contribution in [0.4, 0.5) is 32.0 Å². The molecule has 1 aliphatic carbocycles. The maximum absolute atomic E-state index is 13.1. The van der Waals surface area contributed by atoms with E-state index >= 15 is 0 Å². The average molecular weight is 513 g/mol. The summed E-state index contributed by atoms with van der Waals surface area (Å²) in [6, 6.07) is 7.43. The van der Waals surface area contributed by atoms with Gasteiger partial charge in [0, 0.05) is 30.4 Å². The van der Waals surface area contributed by atoms with Gasteiger partial charge in [-0.3, -0.25) is 4.79 Å². The first-order chi connectivity index (χ1) is 16.9. The molecule has 1 aliphatic rings. The van der Waals surface area contributed by atoms with Crippen molar-refractivity contribution in [2.24, 2.45) is 0 Å². The van der Waals surface area contributed by atoms with E-state index in [-0.39, 0.29) is 23.7 Å². The van der Waals surface area contributed by atoms with Crippen LogP contribution in [0, 0.1) is 0 Å². The Labute approximate surface area is 201 Å². The van der Waals surface area contributed by atoms with E-state index in [1.807, 2.05) is 0 Å². The van der Waals surface area contributed by atoms with Gasteiger partial charge in [0.05, 0.1) is 5.69 Å². The third-order valence-corrected chi connectivity index (χ3v) is 6.12. The van der Waals surface area contributed by atoms with Gasteiger partial charge in [-0.2, -0.15) is 26.3 Å². The number of aromatic nitrogens is 5.